The van der Waals surface area contributed by atoms with Gasteiger partial charge in [0.1, 0.15) is 6.61 Å². The highest BCUT2D eigenvalue weighted by atomic mass is 16.5. The van der Waals surface area contributed by atoms with E-state index >= 15 is 0 Å². The molecule has 0 unspecified atom stereocenters. The highest BCUT2D eigenvalue weighted by molar-refractivity contribution is 5.91. The summed E-state index contributed by atoms with van der Waals surface area (Å²) < 4.78 is 5.65. The van der Waals surface area contributed by atoms with Crippen LogP contribution in [-0.2, 0) is 9.53 Å². The number of aliphatic hydroxyl groups excluding tert-OH is 1. The number of rotatable bonds is 5. The lowest BCUT2D eigenvalue weighted by molar-refractivity contribution is -0.123. The molecule has 2 N–H and O–H groups in total. The molecular formula is C16H23NO3. The molecule has 4 nitrogen and oxygen atoms in total. The van der Waals surface area contributed by atoms with Gasteiger partial charge in [0.2, 0.25) is 5.91 Å². The van der Waals surface area contributed by atoms with Crippen LogP contribution in [0.4, 0.5) is 5.69 Å². The molecule has 0 heterocycles. The SMILES string of the molecule is Cc1cccc(NC(=O)COC2CCC(CO)CC2)c1. The molecule has 2 rings (SSSR count). The number of anilines is 1. The van der Waals surface area contributed by atoms with Crippen LogP contribution in [0.15, 0.2) is 24.3 Å². The minimum Gasteiger partial charge on any atom is -0.396 e. The number of nitrogens with one attached hydrogen (secondary N) is 1. The maximum atomic E-state index is 11.8. The van der Waals surface area contributed by atoms with Crippen molar-refractivity contribution in [3.8, 4) is 0 Å². The van der Waals surface area contributed by atoms with E-state index in [9.17, 15) is 4.79 Å². The number of aliphatic hydroxyl groups is 1. The number of hydrogen-bond donors (Lipinski definition) is 2. The Morgan fingerprint density at radius 3 is 2.75 bits per heavy atom. The van der Waals surface area contributed by atoms with Gasteiger partial charge in [-0.25, -0.2) is 0 Å². The molecule has 1 aromatic carbocycles. The monoisotopic (exact) mass is 277 g/mol. The Morgan fingerprint density at radius 2 is 2.10 bits per heavy atom. The molecule has 0 atom stereocenters. The first-order chi connectivity index (χ1) is 9.67. The van der Waals surface area contributed by atoms with Gasteiger partial charge < -0.3 is 15.2 Å². The second kappa shape index (κ2) is 7.41. The Bertz CT molecular complexity index is 439. The van der Waals surface area contributed by atoms with Crippen molar-refractivity contribution in [2.75, 3.05) is 18.5 Å². The van der Waals surface area contributed by atoms with Crippen LogP contribution >= 0.6 is 0 Å². The summed E-state index contributed by atoms with van der Waals surface area (Å²) in [5.74, 6) is 0.302. The molecule has 0 aliphatic heterocycles. The molecule has 1 saturated carbocycles. The molecule has 0 radical (unpaired) electrons. The highest BCUT2D eigenvalue weighted by Gasteiger charge is 2.21. The Kier molecular flexibility index (Phi) is 5.56. The zero-order valence-electron chi connectivity index (χ0n) is 12.0. The quantitative estimate of drug-likeness (QED) is 0.869. The number of carbonyl (C=O) groups excluding carboxylic acids is 1. The standard InChI is InChI=1S/C16H23NO3/c1-12-3-2-4-14(9-12)17-16(19)11-20-15-7-5-13(10-18)6-8-15/h2-4,9,13,15,18H,5-8,10-11H2,1H3,(H,17,19). The molecule has 0 bridgehead atoms. The van der Waals surface area contributed by atoms with E-state index in [4.69, 9.17) is 9.84 Å². The predicted molar refractivity (Wildman–Crippen MR) is 78.6 cm³/mol. The smallest absolute Gasteiger partial charge is 0.250 e. The average Bonchev–Trinajstić information content (AvgIpc) is 2.46. The highest BCUT2D eigenvalue weighted by Crippen LogP contribution is 2.25. The third kappa shape index (κ3) is 4.62. The molecule has 1 aliphatic carbocycles. The normalized spacial score (nSPS) is 22.5. The Morgan fingerprint density at radius 1 is 1.35 bits per heavy atom. The number of ether oxygens (including phenoxy) is 1. The van der Waals surface area contributed by atoms with Crippen molar-refractivity contribution in [2.45, 2.75) is 38.7 Å². The van der Waals surface area contributed by atoms with Crippen molar-refractivity contribution in [2.24, 2.45) is 5.92 Å². The van der Waals surface area contributed by atoms with E-state index in [0.717, 1.165) is 36.9 Å². The molecule has 1 aromatic rings. The zero-order chi connectivity index (χ0) is 14.4. The van der Waals surface area contributed by atoms with Crippen molar-refractivity contribution >= 4 is 11.6 Å². The lowest BCUT2D eigenvalue weighted by Crippen LogP contribution is -2.27. The van der Waals surface area contributed by atoms with Gasteiger partial charge in [0.15, 0.2) is 0 Å². The van der Waals surface area contributed by atoms with E-state index < -0.39 is 0 Å². The number of hydrogen-bond acceptors (Lipinski definition) is 3. The van der Waals surface area contributed by atoms with Crippen molar-refractivity contribution in [3.63, 3.8) is 0 Å². The van der Waals surface area contributed by atoms with Gasteiger partial charge in [-0.2, -0.15) is 0 Å². The van der Waals surface area contributed by atoms with Gasteiger partial charge in [0, 0.05) is 12.3 Å². The summed E-state index contributed by atoms with van der Waals surface area (Å²) in [6.07, 6.45) is 3.99. The fourth-order valence-corrected chi connectivity index (χ4v) is 2.59. The van der Waals surface area contributed by atoms with E-state index in [1.807, 2.05) is 31.2 Å². The first-order valence-corrected chi connectivity index (χ1v) is 7.26. The first-order valence-electron chi connectivity index (χ1n) is 7.26. The number of benzene rings is 1. The van der Waals surface area contributed by atoms with Gasteiger partial charge in [-0.05, 0) is 56.2 Å². The van der Waals surface area contributed by atoms with E-state index in [0.29, 0.717) is 5.92 Å². The summed E-state index contributed by atoms with van der Waals surface area (Å²) in [7, 11) is 0. The first kappa shape index (κ1) is 15.0. The molecule has 0 saturated heterocycles. The van der Waals surface area contributed by atoms with Crippen molar-refractivity contribution in [1.82, 2.24) is 0 Å². The summed E-state index contributed by atoms with van der Waals surface area (Å²) in [5.41, 5.74) is 1.92. The van der Waals surface area contributed by atoms with Crippen LogP contribution in [0.3, 0.4) is 0 Å². The van der Waals surface area contributed by atoms with Crippen LogP contribution in [0.2, 0.25) is 0 Å². The summed E-state index contributed by atoms with van der Waals surface area (Å²) in [6, 6.07) is 7.72. The summed E-state index contributed by atoms with van der Waals surface area (Å²) in [6.45, 7) is 2.36. The van der Waals surface area contributed by atoms with Crippen LogP contribution in [-0.4, -0.2) is 30.3 Å². The molecule has 110 valence electrons. The van der Waals surface area contributed by atoms with Crippen LogP contribution in [0.1, 0.15) is 31.2 Å². The second-order valence-electron chi connectivity index (χ2n) is 5.55. The van der Waals surface area contributed by atoms with E-state index in [1.165, 1.54) is 0 Å². The molecule has 1 fully saturated rings. The van der Waals surface area contributed by atoms with Gasteiger partial charge in [-0.1, -0.05) is 12.1 Å². The molecule has 4 heteroatoms. The minimum absolute atomic E-state index is 0.0996. The Labute approximate surface area is 120 Å². The largest absolute Gasteiger partial charge is 0.396 e. The van der Waals surface area contributed by atoms with Gasteiger partial charge >= 0.3 is 0 Å². The zero-order valence-corrected chi connectivity index (χ0v) is 12.0. The molecular weight excluding hydrogens is 254 g/mol. The summed E-state index contributed by atoms with van der Waals surface area (Å²) in [4.78, 5) is 11.8. The van der Waals surface area contributed by atoms with E-state index in [1.54, 1.807) is 0 Å². The molecule has 0 spiro atoms. The van der Waals surface area contributed by atoms with E-state index in [2.05, 4.69) is 5.32 Å². The van der Waals surface area contributed by atoms with E-state index in [-0.39, 0.29) is 25.2 Å². The summed E-state index contributed by atoms with van der Waals surface area (Å²) in [5, 5.41) is 11.9. The predicted octanol–water partition coefficient (Wildman–Crippen LogP) is 2.50. The molecule has 0 aromatic heterocycles. The Balaban J connectivity index is 1.70. The fourth-order valence-electron chi connectivity index (χ4n) is 2.59. The van der Waals surface area contributed by atoms with Crippen molar-refractivity contribution < 1.29 is 14.6 Å². The van der Waals surface area contributed by atoms with Crippen LogP contribution in [0, 0.1) is 12.8 Å². The second-order valence-corrected chi connectivity index (χ2v) is 5.55. The molecule has 1 aliphatic rings. The van der Waals surface area contributed by atoms with Gasteiger partial charge in [0.05, 0.1) is 6.10 Å². The lowest BCUT2D eigenvalue weighted by Gasteiger charge is -2.27. The Hall–Kier alpha value is -1.39. The third-order valence-corrected chi connectivity index (χ3v) is 3.80. The third-order valence-electron chi connectivity index (χ3n) is 3.80. The lowest BCUT2D eigenvalue weighted by atomic mass is 9.88. The van der Waals surface area contributed by atoms with Crippen molar-refractivity contribution in [1.29, 1.82) is 0 Å². The summed E-state index contributed by atoms with van der Waals surface area (Å²) >= 11 is 0. The van der Waals surface area contributed by atoms with Gasteiger partial charge in [-0.3, -0.25) is 4.79 Å². The van der Waals surface area contributed by atoms with Crippen LogP contribution in [0.25, 0.3) is 0 Å². The van der Waals surface area contributed by atoms with Crippen molar-refractivity contribution in [3.05, 3.63) is 29.8 Å². The number of aryl methyl sites for hydroxylation is 1. The van der Waals surface area contributed by atoms with Gasteiger partial charge in [-0.15, -0.1) is 0 Å². The van der Waals surface area contributed by atoms with Crippen LogP contribution < -0.4 is 5.32 Å². The maximum Gasteiger partial charge on any atom is 0.250 e. The number of carbonyl (C=O) groups is 1. The topological polar surface area (TPSA) is 58.6 Å². The molecule has 20 heavy (non-hydrogen) atoms. The maximum absolute atomic E-state index is 11.8. The fraction of sp³-hybridized carbons (Fsp3) is 0.562. The average molecular weight is 277 g/mol. The van der Waals surface area contributed by atoms with Crippen LogP contribution in [0.5, 0.6) is 0 Å². The number of amides is 1. The molecule has 1 amide bonds. The minimum atomic E-state index is -0.111. The van der Waals surface area contributed by atoms with Gasteiger partial charge in [0.25, 0.3) is 0 Å².